The van der Waals surface area contributed by atoms with E-state index in [4.69, 9.17) is 0 Å². The molecule has 0 fully saturated rings. The third-order valence-corrected chi connectivity index (χ3v) is 3.32. The number of aromatic nitrogens is 2. The Hall–Kier alpha value is -2.63. The van der Waals surface area contributed by atoms with Gasteiger partial charge in [-0.15, -0.1) is 0 Å². The Morgan fingerprint density at radius 1 is 1.18 bits per heavy atom. The number of nitrogens with zero attached hydrogens (tertiary/aromatic N) is 3. The lowest BCUT2D eigenvalue weighted by Crippen LogP contribution is -2.23. The molecule has 0 saturated heterocycles. The van der Waals surface area contributed by atoms with Gasteiger partial charge in [0.15, 0.2) is 0 Å². The first-order valence-electron chi connectivity index (χ1n) is 7.20. The summed E-state index contributed by atoms with van der Waals surface area (Å²) >= 11 is 0. The van der Waals surface area contributed by atoms with Gasteiger partial charge >= 0.3 is 5.97 Å². The third-order valence-electron chi connectivity index (χ3n) is 3.32. The molecule has 0 aliphatic heterocycles. The predicted octanol–water partition coefficient (Wildman–Crippen LogP) is 2.85. The smallest absolute Gasteiger partial charge is 0.337 e. The van der Waals surface area contributed by atoms with Gasteiger partial charge in [-0.1, -0.05) is 0 Å². The van der Waals surface area contributed by atoms with Crippen LogP contribution in [0.2, 0.25) is 0 Å². The van der Waals surface area contributed by atoms with E-state index in [-0.39, 0.29) is 5.97 Å². The molecule has 0 amide bonds. The molecule has 0 aliphatic rings. The van der Waals surface area contributed by atoms with Gasteiger partial charge in [-0.25, -0.2) is 14.8 Å². The van der Waals surface area contributed by atoms with E-state index >= 15 is 0 Å². The number of rotatable bonds is 6. The first kappa shape index (κ1) is 15.8. The van der Waals surface area contributed by atoms with Crippen molar-refractivity contribution in [2.24, 2.45) is 0 Å². The molecule has 116 valence electrons. The van der Waals surface area contributed by atoms with Crippen molar-refractivity contribution in [2.45, 2.75) is 13.8 Å². The molecule has 0 aliphatic carbocycles. The van der Waals surface area contributed by atoms with Crippen LogP contribution >= 0.6 is 0 Å². The molecule has 0 atom stereocenters. The van der Waals surface area contributed by atoms with Gasteiger partial charge in [0.25, 0.3) is 0 Å². The summed E-state index contributed by atoms with van der Waals surface area (Å²) < 4.78 is 4.68. The number of carbonyl (C=O) groups excluding carboxylic acids is 1. The van der Waals surface area contributed by atoms with Crippen LogP contribution in [-0.2, 0) is 4.74 Å². The summed E-state index contributed by atoms with van der Waals surface area (Å²) in [4.78, 5) is 22.0. The van der Waals surface area contributed by atoms with Crippen LogP contribution in [0.1, 0.15) is 24.2 Å². The van der Waals surface area contributed by atoms with E-state index < -0.39 is 0 Å². The summed E-state index contributed by atoms with van der Waals surface area (Å²) in [6.07, 6.45) is 1.54. The Bertz CT molecular complexity index is 624. The van der Waals surface area contributed by atoms with E-state index in [1.165, 1.54) is 7.11 Å². The van der Waals surface area contributed by atoms with Gasteiger partial charge in [0, 0.05) is 24.8 Å². The fraction of sp³-hybridized carbons (Fsp3) is 0.312. The highest BCUT2D eigenvalue weighted by molar-refractivity contribution is 5.89. The summed E-state index contributed by atoms with van der Waals surface area (Å²) in [6.45, 7) is 5.95. The molecule has 1 aromatic carbocycles. The van der Waals surface area contributed by atoms with Crippen LogP contribution < -0.4 is 10.2 Å². The molecule has 0 spiro atoms. The molecule has 0 unspecified atom stereocenters. The van der Waals surface area contributed by atoms with Gasteiger partial charge in [-0.3, -0.25) is 0 Å². The average Bonchev–Trinajstić information content (AvgIpc) is 2.56. The van der Waals surface area contributed by atoms with Crippen molar-refractivity contribution < 1.29 is 9.53 Å². The van der Waals surface area contributed by atoms with Crippen molar-refractivity contribution in [3.05, 3.63) is 42.2 Å². The van der Waals surface area contributed by atoms with Crippen molar-refractivity contribution in [1.82, 2.24) is 9.97 Å². The van der Waals surface area contributed by atoms with Crippen molar-refractivity contribution in [2.75, 3.05) is 30.4 Å². The van der Waals surface area contributed by atoms with Crippen LogP contribution in [0.5, 0.6) is 0 Å². The van der Waals surface area contributed by atoms with E-state index in [1.807, 2.05) is 18.2 Å². The number of nitrogens with one attached hydrogen (secondary N) is 1. The highest BCUT2D eigenvalue weighted by Gasteiger charge is 2.07. The number of anilines is 3. The van der Waals surface area contributed by atoms with E-state index in [1.54, 1.807) is 18.5 Å². The predicted molar refractivity (Wildman–Crippen MR) is 86.7 cm³/mol. The van der Waals surface area contributed by atoms with Gasteiger partial charge in [0.1, 0.15) is 18.0 Å². The largest absolute Gasteiger partial charge is 0.465 e. The summed E-state index contributed by atoms with van der Waals surface area (Å²) in [5.41, 5.74) is 1.36. The maximum atomic E-state index is 11.4. The van der Waals surface area contributed by atoms with Gasteiger partial charge in [-0.2, -0.15) is 0 Å². The highest BCUT2D eigenvalue weighted by atomic mass is 16.5. The molecule has 6 nitrogen and oxygen atoms in total. The minimum absolute atomic E-state index is 0.350. The van der Waals surface area contributed by atoms with Gasteiger partial charge in [0.2, 0.25) is 0 Å². The zero-order valence-corrected chi connectivity index (χ0v) is 13.0. The second-order valence-electron chi connectivity index (χ2n) is 4.63. The van der Waals surface area contributed by atoms with E-state index in [0.29, 0.717) is 11.4 Å². The molecule has 0 radical (unpaired) electrons. The maximum Gasteiger partial charge on any atom is 0.337 e. The van der Waals surface area contributed by atoms with E-state index in [2.05, 4.69) is 38.8 Å². The highest BCUT2D eigenvalue weighted by Crippen LogP contribution is 2.19. The third kappa shape index (κ3) is 3.72. The van der Waals surface area contributed by atoms with Gasteiger partial charge < -0.3 is 15.0 Å². The number of benzene rings is 1. The second kappa shape index (κ2) is 7.40. The molecule has 1 N–H and O–H groups in total. The first-order valence-corrected chi connectivity index (χ1v) is 7.20. The Balaban J connectivity index is 2.13. The number of methoxy groups -OCH3 is 1. The molecule has 2 aromatic rings. The van der Waals surface area contributed by atoms with Crippen LogP contribution in [0.3, 0.4) is 0 Å². The zero-order chi connectivity index (χ0) is 15.9. The SMILES string of the molecule is CCN(CC)c1cc(Nc2ccc(C(=O)OC)cc2)ncn1. The van der Waals surface area contributed by atoms with Crippen molar-refractivity contribution in [3.63, 3.8) is 0 Å². The topological polar surface area (TPSA) is 67.4 Å². The lowest BCUT2D eigenvalue weighted by molar-refractivity contribution is 0.0601. The lowest BCUT2D eigenvalue weighted by Gasteiger charge is -2.19. The standard InChI is InChI=1S/C16H20N4O2/c1-4-20(5-2)15-10-14(17-11-18-15)19-13-8-6-12(7-9-13)16(21)22-3/h6-11H,4-5H2,1-3H3,(H,17,18,19). The second-order valence-corrected chi connectivity index (χ2v) is 4.63. The Morgan fingerprint density at radius 3 is 2.45 bits per heavy atom. The summed E-state index contributed by atoms with van der Waals surface area (Å²) in [7, 11) is 1.37. The molecule has 2 rings (SSSR count). The van der Waals surface area contributed by atoms with Gasteiger partial charge in [-0.05, 0) is 38.1 Å². The minimum Gasteiger partial charge on any atom is -0.465 e. The number of hydrogen-bond acceptors (Lipinski definition) is 6. The zero-order valence-electron chi connectivity index (χ0n) is 13.0. The molecule has 0 bridgehead atoms. The molecular weight excluding hydrogens is 280 g/mol. The molecule has 22 heavy (non-hydrogen) atoms. The first-order chi connectivity index (χ1) is 10.7. The monoisotopic (exact) mass is 300 g/mol. The fourth-order valence-electron chi connectivity index (χ4n) is 2.09. The molecule has 1 aromatic heterocycles. The van der Waals surface area contributed by atoms with E-state index in [9.17, 15) is 4.79 Å². The van der Waals surface area contributed by atoms with Crippen LogP contribution in [0.25, 0.3) is 0 Å². The van der Waals surface area contributed by atoms with Crippen molar-refractivity contribution >= 4 is 23.3 Å². The summed E-state index contributed by atoms with van der Waals surface area (Å²) in [5, 5.41) is 3.20. The lowest BCUT2D eigenvalue weighted by atomic mass is 10.2. The number of carbonyl (C=O) groups is 1. The molecule has 0 saturated carbocycles. The molecular formula is C16H20N4O2. The maximum absolute atomic E-state index is 11.4. The van der Waals surface area contributed by atoms with Crippen LogP contribution in [0.4, 0.5) is 17.3 Å². The Kier molecular flexibility index (Phi) is 5.30. The van der Waals surface area contributed by atoms with E-state index in [0.717, 1.165) is 24.6 Å². The minimum atomic E-state index is -0.350. The fourth-order valence-corrected chi connectivity index (χ4v) is 2.09. The molecule has 1 heterocycles. The summed E-state index contributed by atoms with van der Waals surface area (Å²) in [6, 6.07) is 8.94. The average molecular weight is 300 g/mol. The van der Waals surface area contributed by atoms with Crippen molar-refractivity contribution in [1.29, 1.82) is 0 Å². The number of hydrogen-bond donors (Lipinski definition) is 1. The van der Waals surface area contributed by atoms with Crippen LogP contribution in [-0.4, -0.2) is 36.1 Å². The van der Waals surface area contributed by atoms with Crippen molar-refractivity contribution in [3.8, 4) is 0 Å². The van der Waals surface area contributed by atoms with Crippen LogP contribution in [0, 0.1) is 0 Å². The van der Waals surface area contributed by atoms with Gasteiger partial charge in [0.05, 0.1) is 12.7 Å². The molecule has 6 heteroatoms. The number of ether oxygens (including phenoxy) is 1. The van der Waals surface area contributed by atoms with Crippen LogP contribution in [0.15, 0.2) is 36.7 Å². The summed E-state index contributed by atoms with van der Waals surface area (Å²) in [5.74, 6) is 1.24. The normalized spacial score (nSPS) is 10.1. The Labute approximate surface area is 130 Å². The Morgan fingerprint density at radius 2 is 1.86 bits per heavy atom. The quantitative estimate of drug-likeness (QED) is 0.827. The number of esters is 1.